The molecular weight excluding hydrogens is 262 g/mol. The van der Waals surface area contributed by atoms with E-state index in [2.05, 4.69) is 0 Å². The lowest BCUT2D eigenvalue weighted by molar-refractivity contribution is 0.0993. The van der Waals surface area contributed by atoms with E-state index in [0.717, 1.165) is 0 Å². The summed E-state index contributed by atoms with van der Waals surface area (Å²) < 4.78 is 21.5. The van der Waals surface area contributed by atoms with Crippen LogP contribution < -0.4 is 4.90 Å². The molecule has 0 radical (unpaired) electrons. The van der Waals surface area contributed by atoms with E-state index >= 15 is 0 Å². The normalized spacial score (nSPS) is 11.9. The van der Waals surface area contributed by atoms with Crippen molar-refractivity contribution in [3.63, 3.8) is 0 Å². The van der Waals surface area contributed by atoms with E-state index in [1.807, 2.05) is 6.07 Å². The Balaban J connectivity index is 2.22. The first-order valence-corrected chi connectivity index (χ1v) is 6.69. The summed E-state index contributed by atoms with van der Waals surface area (Å²) in [5.41, 5.74) is 1.23. The smallest absolute Gasteiger partial charge is 0.258 e. The second kappa shape index (κ2) is 5.77. The molecule has 0 saturated carbocycles. The minimum absolute atomic E-state index is 0.142. The van der Waals surface area contributed by atoms with Gasteiger partial charge in [0.2, 0.25) is 0 Å². The van der Waals surface area contributed by atoms with Crippen molar-refractivity contribution in [3.8, 4) is 0 Å². The van der Waals surface area contributed by atoms with Crippen LogP contribution in [0.2, 0.25) is 0 Å². The lowest BCUT2D eigenvalue weighted by Gasteiger charge is -2.18. The first-order chi connectivity index (χ1) is 9.09. The Morgan fingerprint density at radius 3 is 2.16 bits per heavy atom. The monoisotopic (exact) mass is 274 g/mol. The van der Waals surface area contributed by atoms with E-state index in [0.29, 0.717) is 11.3 Å². The third-order valence-electron chi connectivity index (χ3n) is 2.74. The summed E-state index contributed by atoms with van der Waals surface area (Å²) in [5.74, 6) is -0.142. The van der Waals surface area contributed by atoms with Crippen LogP contribution in [0.4, 0.5) is 5.69 Å². The van der Waals surface area contributed by atoms with Crippen molar-refractivity contribution in [3.05, 3.63) is 60.2 Å². The van der Waals surface area contributed by atoms with Gasteiger partial charge < -0.3 is 9.45 Å². The Hall–Kier alpha value is -1.98. The fraction of sp³-hybridized carbons (Fsp3) is 0.0714. The summed E-state index contributed by atoms with van der Waals surface area (Å²) >= 11 is -2.25. The van der Waals surface area contributed by atoms with Crippen LogP contribution in [0.3, 0.4) is 0 Å². The molecule has 0 spiro atoms. The van der Waals surface area contributed by atoms with Gasteiger partial charge in [-0.05, 0) is 47.5 Å². The number of carbonyl (C=O) groups excluding carboxylic acids is 1. The van der Waals surface area contributed by atoms with Crippen molar-refractivity contribution < 1.29 is 13.6 Å². The quantitative estimate of drug-likeness (QED) is 0.806. The molecule has 0 aromatic heterocycles. The maximum absolute atomic E-state index is 12.2. The van der Waals surface area contributed by atoms with E-state index < -0.39 is 11.1 Å². The predicted octanol–water partition coefficient (Wildman–Crippen LogP) is 2.20. The summed E-state index contributed by atoms with van der Waals surface area (Å²) in [6, 6.07) is 15.0. The third-order valence-corrected chi connectivity index (χ3v) is 3.40. The SMILES string of the molecule is CN(C(=O)c1ccccc1)c1ccc(S(=O)[O-])cc1. The Morgan fingerprint density at radius 2 is 1.63 bits per heavy atom. The summed E-state index contributed by atoms with van der Waals surface area (Å²) in [7, 11) is 1.65. The third kappa shape index (κ3) is 3.07. The van der Waals surface area contributed by atoms with Crippen molar-refractivity contribution in [2.75, 3.05) is 11.9 Å². The number of carbonyl (C=O) groups is 1. The fourth-order valence-electron chi connectivity index (χ4n) is 1.67. The first kappa shape index (κ1) is 13.5. The summed E-state index contributed by atoms with van der Waals surface area (Å²) in [6.07, 6.45) is 0. The molecule has 1 amide bonds. The molecule has 4 nitrogen and oxygen atoms in total. The van der Waals surface area contributed by atoms with Crippen molar-refractivity contribution in [2.45, 2.75) is 4.90 Å². The van der Waals surface area contributed by atoms with Gasteiger partial charge in [-0.3, -0.25) is 9.00 Å². The number of benzene rings is 2. The summed E-state index contributed by atoms with van der Waals surface area (Å²) in [5, 5.41) is 0. The minimum Gasteiger partial charge on any atom is -0.768 e. The molecule has 0 aliphatic heterocycles. The average molecular weight is 274 g/mol. The van der Waals surface area contributed by atoms with Crippen LogP contribution in [0.5, 0.6) is 0 Å². The molecule has 0 aliphatic rings. The number of nitrogens with zero attached hydrogens (tertiary/aromatic N) is 1. The second-order valence-corrected chi connectivity index (χ2v) is 4.90. The van der Waals surface area contributed by atoms with Gasteiger partial charge in [-0.25, -0.2) is 0 Å². The van der Waals surface area contributed by atoms with Crippen LogP contribution in [0.1, 0.15) is 10.4 Å². The molecule has 0 bridgehead atoms. The van der Waals surface area contributed by atoms with Crippen LogP contribution in [-0.2, 0) is 11.1 Å². The van der Waals surface area contributed by atoms with Crippen molar-refractivity contribution in [1.29, 1.82) is 0 Å². The minimum atomic E-state index is -2.25. The van der Waals surface area contributed by atoms with Gasteiger partial charge in [0.25, 0.3) is 5.91 Å². The molecule has 98 valence electrons. The standard InChI is InChI=1S/C14H13NO3S/c1-15(14(16)11-5-3-2-4-6-11)12-7-9-13(10-8-12)19(17)18/h2-10H,1H3,(H,17,18)/p-1. The van der Waals surface area contributed by atoms with Gasteiger partial charge in [0, 0.05) is 23.2 Å². The molecule has 0 aliphatic carbocycles. The van der Waals surface area contributed by atoms with E-state index in [-0.39, 0.29) is 10.8 Å². The maximum atomic E-state index is 12.2. The summed E-state index contributed by atoms with van der Waals surface area (Å²) in [4.78, 5) is 13.8. The maximum Gasteiger partial charge on any atom is 0.258 e. The van der Waals surface area contributed by atoms with Gasteiger partial charge in [0.15, 0.2) is 0 Å². The highest BCUT2D eigenvalue weighted by molar-refractivity contribution is 7.79. The molecule has 0 fully saturated rings. The van der Waals surface area contributed by atoms with Gasteiger partial charge in [-0.15, -0.1) is 0 Å². The molecule has 0 heterocycles. The Kier molecular flexibility index (Phi) is 4.09. The topological polar surface area (TPSA) is 60.4 Å². The number of hydrogen-bond acceptors (Lipinski definition) is 3. The van der Waals surface area contributed by atoms with E-state index in [9.17, 15) is 13.6 Å². The molecule has 0 saturated heterocycles. The van der Waals surface area contributed by atoms with Gasteiger partial charge >= 0.3 is 0 Å². The van der Waals surface area contributed by atoms with Crippen LogP contribution in [0.25, 0.3) is 0 Å². The van der Waals surface area contributed by atoms with E-state index in [1.54, 1.807) is 43.4 Å². The number of anilines is 1. The lowest BCUT2D eigenvalue weighted by atomic mass is 10.2. The Bertz CT molecular complexity index is 596. The van der Waals surface area contributed by atoms with Gasteiger partial charge in [-0.1, -0.05) is 18.2 Å². The van der Waals surface area contributed by atoms with Gasteiger partial charge in [-0.2, -0.15) is 0 Å². The Labute approximate surface area is 114 Å². The highest BCUT2D eigenvalue weighted by atomic mass is 32.2. The number of hydrogen-bond donors (Lipinski definition) is 0. The van der Waals surface area contributed by atoms with Gasteiger partial charge in [0.1, 0.15) is 0 Å². The Morgan fingerprint density at radius 1 is 1.05 bits per heavy atom. The van der Waals surface area contributed by atoms with Gasteiger partial charge in [0.05, 0.1) is 0 Å². The summed E-state index contributed by atoms with van der Waals surface area (Å²) in [6.45, 7) is 0. The largest absolute Gasteiger partial charge is 0.768 e. The number of rotatable bonds is 3. The lowest BCUT2D eigenvalue weighted by Crippen LogP contribution is -2.26. The van der Waals surface area contributed by atoms with E-state index in [1.165, 1.54) is 17.0 Å². The van der Waals surface area contributed by atoms with E-state index in [4.69, 9.17) is 0 Å². The van der Waals surface area contributed by atoms with Crippen LogP contribution in [0, 0.1) is 0 Å². The molecule has 2 aromatic rings. The van der Waals surface area contributed by atoms with Crippen molar-refractivity contribution in [2.24, 2.45) is 0 Å². The van der Waals surface area contributed by atoms with Crippen LogP contribution in [-0.4, -0.2) is 21.7 Å². The van der Waals surface area contributed by atoms with Crippen molar-refractivity contribution >= 4 is 22.7 Å². The molecule has 1 atom stereocenters. The molecule has 19 heavy (non-hydrogen) atoms. The molecule has 0 N–H and O–H groups in total. The fourth-order valence-corrected chi connectivity index (χ4v) is 2.03. The molecule has 2 aromatic carbocycles. The average Bonchev–Trinajstić information content (AvgIpc) is 2.46. The van der Waals surface area contributed by atoms with Crippen LogP contribution >= 0.6 is 0 Å². The highest BCUT2D eigenvalue weighted by Gasteiger charge is 2.12. The predicted molar refractivity (Wildman–Crippen MR) is 72.8 cm³/mol. The van der Waals surface area contributed by atoms with Crippen molar-refractivity contribution in [1.82, 2.24) is 0 Å². The second-order valence-electron chi connectivity index (χ2n) is 3.96. The zero-order chi connectivity index (χ0) is 13.8. The number of amides is 1. The molecule has 1 unspecified atom stereocenters. The molecule has 2 rings (SSSR count). The first-order valence-electron chi connectivity index (χ1n) is 5.62. The highest BCUT2D eigenvalue weighted by Crippen LogP contribution is 2.17. The van der Waals surface area contributed by atoms with Crippen LogP contribution in [0.15, 0.2) is 59.5 Å². The zero-order valence-electron chi connectivity index (χ0n) is 10.3. The molecular formula is C14H12NO3S-. The zero-order valence-corrected chi connectivity index (χ0v) is 11.1. The molecule has 5 heteroatoms.